The summed E-state index contributed by atoms with van der Waals surface area (Å²) < 4.78 is 314. The van der Waals surface area contributed by atoms with E-state index in [1.807, 2.05) is 4.98 Å². The number of aromatic amines is 2. The Balaban J connectivity index is 1.81. The molecule has 394 valence electrons. The van der Waals surface area contributed by atoms with Crippen LogP contribution in [0, 0.1) is 116 Å². The topological polar surface area (TPSA) is 57.4 Å². The Hall–Kier alpha value is -4.08. The lowest BCUT2D eigenvalue weighted by molar-refractivity contribution is 0.376. The van der Waals surface area contributed by atoms with Crippen molar-refractivity contribution in [3.8, 4) is 33.4 Å². The van der Waals surface area contributed by atoms with Gasteiger partial charge in [-0.25, -0.2) is 97.8 Å². The number of halogens is 28. The highest BCUT2D eigenvalue weighted by atomic mass is 79.9. The van der Waals surface area contributed by atoms with Gasteiger partial charge in [0.1, 0.15) is 0 Å². The van der Waals surface area contributed by atoms with Gasteiger partial charge in [-0.05, 0) is 127 Å². The third kappa shape index (κ3) is 7.99. The van der Waals surface area contributed by atoms with Crippen molar-refractivity contribution < 1.29 is 87.8 Å². The molecular formula is C44H2Br8F20N4. The summed E-state index contributed by atoms with van der Waals surface area (Å²) in [6.45, 7) is 0. The van der Waals surface area contributed by atoms with Gasteiger partial charge in [0.15, 0.2) is 93.1 Å². The Morgan fingerprint density at radius 1 is 0.211 bits per heavy atom. The van der Waals surface area contributed by atoms with Crippen molar-refractivity contribution in [1.29, 1.82) is 0 Å². The maximum absolute atomic E-state index is 16.9. The number of fused-ring (bicyclic) bond motifs is 8. The molecule has 3 aromatic heterocycles. The van der Waals surface area contributed by atoms with Crippen molar-refractivity contribution in [2.24, 2.45) is 0 Å². The fraction of sp³-hybridized carbons (Fsp3) is 0. The number of H-pyrrole nitrogens is 2. The molecule has 76 heavy (non-hydrogen) atoms. The first-order chi connectivity index (χ1) is 35.4. The number of hydrogen-bond acceptors (Lipinski definition) is 2. The fourth-order valence-corrected chi connectivity index (χ4v) is 13.5. The van der Waals surface area contributed by atoms with Gasteiger partial charge < -0.3 is 9.97 Å². The molecule has 8 bridgehead atoms. The minimum atomic E-state index is -3.10. The van der Waals surface area contributed by atoms with Crippen LogP contribution in [0.4, 0.5) is 87.8 Å². The number of rotatable bonds is 4. The van der Waals surface area contributed by atoms with Gasteiger partial charge in [0.05, 0.1) is 103 Å². The van der Waals surface area contributed by atoms with E-state index in [0.29, 0.717) is 0 Å². The third-order valence-corrected chi connectivity index (χ3v) is 18.5. The fourth-order valence-electron chi connectivity index (χ4n) is 7.83. The molecule has 0 atom stereocenters. The predicted octanol–water partition coefficient (Wildman–Crippen LogP) is 19.8. The van der Waals surface area contributed by atoms with Crippen molar-refractivity contribution in [2.75, 3.05) is 0 Å². The van der Waals surface area contributed by atoms with Gasteiger partial charge >= 0.3 is 0 Å². The molecule has 5 heterocycles. The maximum atomic E-state index is 16.9. The molecule has 0 saturated heterocycles. The Morgan fingerprint density at radius 2 is 0.447 bits per heavy atom. The van der Waals surface area contributed by atoms with Crippen LogP contribution in [0.2, 0.25) is 0 Å². The molecule has 7 aromatic rings. The van der Waals surface area contributed by atoms with E-state index in [9.17, 15) is 17.6 Å². The summed E-state index contributed by atoms with van der Waals surface area (Å²) in [4.78, 5) is 13.2. The molecule has 0 spiro atoms. The van der Waals surface area contributed by atoms with E-state index < -0.39 is 202 Å². The zero-order valence-corrected chi connectivity index (χ0v) is 47.2. The van der Waals surface area contributed by atoms with Crippen LogP contribution in [-0.4, -0.2) is 19.9 Å². The lowest BCUT2D eigenvalue weighted by Gasteiger charge is -2.17. The standard InChI is InChI=1S/C44H2Br8F20N4/c45-9-3(6-21(57)29(65)35(71)30(66)22(6)58)38-8(7-23(59)31(67)36(72)32(68)24(7)60)37-1(4-17(53)25(61)33(69)26(62)18(4)54)2(5-19(55)27(63)34(70)28(64)20(5)56)39(73-37)14(50)41-10(46)11(47)43(75-41)16(52)44-13(49)12(48)42(76-44)15(51)40(9)74-38/h73,76H. The number of aromatic nitrogens is 4. The van der Waals surface area contributed by atoms with E-state index in [0.717, 1.165) is 0 Å². The summed E-state index contributed by atoms with van der Waals surface area (Å²) in [7, 11) is 0. The molecule has 0 saturated carbocycles. The maximum Gasteiger partial charge on any atom is 0.200 e. The van der Waals surface area contributed by atoms with Crippen LogP contribution in [0.15, 0.2) is 22.4 Å². The highest BCUT2D eigenvalue weighted by Gasteiger charge is 2.42. The highest BCUT2D eigenvalue weighted by molar-refractivity contribution is 9.18. The monoisotopic (exact) mass is 1600 g/mol. The van der Waals surface area contributed by atoms with E-state index in [4.69, 9.17) is 0 Å². The molecule has 0 aliphatic carbocycles. The van der Waals surface area contributed by atoms with Crippen molar-refractivity contribution in [3.63, 3.8) is 0 Å². The van der Waals surface area contributed by atoms with Gasteiger partial charge in [-0.15, -0.1) is 0 Å². The lowest BCUT2D eigenvalue weighted by atomic mass is 9.89. The van der Waals surface area contributed by atoms with Crippen molar-refractivity contribution in [1.82, 2.24) is 19.9 Å². The second kappa shape index (κ2) is 19.9. The summed E-state index contributed by atoms with van der Waals surface area (Å²) in [5, 5.41) is 0. The van der Waals surface area contributed by atoms with Crippen LogP contribution >= 0.6 is 127 Å². The summed E-state index contributed by atoms with van der Waals surface area (Å²) in [5.74, 6) is -59.9. The van der Waals surface area contributed by atoms with Crippen LogP contribution < -0.4 is 0 Å². The third-order valence-electron chi connectivity index (χ3n) is 11.2. The van der Waals surface area contributed by atoms with Gasteiger partial charge in [-0.3, -0.25) is 0 Å². The molecule has 2 aliphatic rings. The summed E-state index contributed by atoms with van der Waals surface area (Å²) >= 11 is 25.2. The molecule has 9 rings (SSSR count). The second-order valence-electron chi connectivity index (χ2n) is 15.2. The zero-order chi connectivity index (χ0) is 56.2. The predicted molar refractivity (Wildman–Crippen MR) is 261 cm³/mol. The molecule has 32 heteroatoms. The first-order valence-electron chi connectivity index (χ1n) is 19.2. The first-order valence-corrected chi connectivity index (χ1v) is 25.5. The minimum Gasteiger partial charge on any atom is -0.353 e. The number of nitrogens with one attached hydrogen (secondary N) is 2. The van der Waals surface area contributed by atoms with Crippen molar-refractivity contribution in [2.45, 2.75) is 0 Å². The van der Waals surface area contributed by atoms with Crippen LogP contribution in [-0.2, 0) is 0 Å². The smallest absolute Gasteiger partial charge is 0.200 e. The van der Waals surface area contributed by atoms with Crippen LogP contribution in [0.1, 0.15) is 28.3 Å². The van der Waals surface area contributed by atoms with Crippen molar-refractivity contribution >= 4 is 169 Å². The normalized spacial score (nSPS) is 12.9. The number of benzene rings is 4. The molecule has 0 amide bonds. The van der Waals surface area contributed by atoms with E-state index in [1.165, 1.54) is 0 Å². The summed E-state index contributed by atoms with van der Waals surface area (Å²) in [6, 6.07) is 0. The summed E-state index contributed by atoms with van der Waals surface area (Å²) in [5.41, 5.74) is -25.9. The van der Waals surface area contributed by atoms with E-state index in [-0.39, 0.29) is 39.1 Å². The molecular weight excluding hydrogens is 1600 g/mol. The lowest BCUT2D eigenvalue weighted by Crippen LogP contribution is -2.10. The van der Waals surface area contributed by atoms with E-state index >= 15 is 70.2 Å². The molecule has 0 radical (unpaired) electrons. The van der Waals surface area contributed by atoms with Gasteiger partial charge in [0.2, 0.25) is 23.3 Å². The van der Waals surface area contributed by atoms with Gasteiger partial charge in [0, 0.05) is 22.3 Å². The number of hydrogen-bond donors (Lipinski definition) is 2. The van der Waals surface area contributed by atoms with Crippen molar-refractivity contribution in [3.05, 3.63) is 167 Å². The highest BCUT2D eigenvalue weighted by Crippen LogP contribution is 2.56. The SMILES string of the molecule is Fc1c(F)c(F)c(C2=C(Br)c3nc2c(-c2c(F)c(F)c(F)c(F)c2F)c2[nH]c(c(Br)c4nc(c(Br)c5[nH]c(c3Br)c(Br)c5Br)C(Br)=C4Br)c(-c3c(F)c(F)c(F)c(F)c3F)c2-c2c(F)c(F)c(F)c(F)c2F)c(F)c1F. The molecule has 4 aromatic carbocycles. The van der Waals surface area contributed by atoms with Gasteiger partial charge in [-0.1, -0.05) is 0 Å². The molecule has 4 nitrogen and oxygen atoms in total. The average Bonchev–Trinajstić information content (AvgIpc) is 4.11. The average molecular weight is 1610 g/mol. The molecule has 0 unspecified atom stereocenters. The van der Waals surface area contributed by atoms with E-state index in [2.05, 4.69) is 142 Å². The number of nitrogens with zero attached hydrogens (tertiary/aromatic N) is 2. The van der Waals surface area contributed by atoms with Crippen LogP contribution in [0.5, 0.6) is 0 Å². The quantitative estimate of drug-likeness (QED) is 0.105. The Labute approximate surface area is 472 Å². The minimum absolute atomic E-state index is 0.0115. The Bertz CT molecular complexity index is 4060. The largest absolute Gasteiger partial charge is 0.353 e. The molecule has 2 N–H and O–H groups in total. The van der Waals surface area contributed by atoms with Gasteiger partial charge in [-0.2, -0.15) is 0 Å². The van der Waals surface area contributed by atoms with Crippen LogP contribution in [0.25, 0.3) is 74.5 Å². The molecule has 0 fully saturated rings. The van der Waals surface area contributed by atoms with Gasteiger partial charge in [0.25, 0.3) is 0 Å². The second-order valence-corrected chi connectivity index (χ2v) is 21.5. The Morgan fingerprint density at radius 3 is 0.789 bits per heavy atom. The summed E-state index contributed by atoms with van der Waals surface area (Å²) in [6.07, 6.45) is 0. The Kier molecular flexibility index (Phi) is 14.8. The molecule has 2 aliphatic heterocycles. The van der Waals surface area contributed by atoms with E-state index in [1.54, 1.807) is 0 Å². The van der Waals surface area contributed by atoms with Crippen LogP contribution in [0.3, 0.4) is 0 Å². The first kappa shape index (κ1) is 56.6. The zero-order valence-electron chi connectivity index (χ0n) is 34.5.